The Morgan fingerprint density at radius 3 is 2.24 bits per heavy atom. The van der Waals surface area contributed by atoms with Gasteiger partial charge in [-0.25, -0.2) is 0 Å². The van der Waals surface area contributed by atoms with Crippen LogP contribution in [0.4, 0.5) is 0 Å². The number of rotatable bonds is 10. The quantitative estimate of drug-likeness (QED) is 0.524. The van der Waals surface area contributed by atoms with E-state index in [1.54, 1.807) is 7.11 Å². The normalized spacial score (nSPS) is 11.2. The predicted molar refractivity (Wildman–Crippen MR) is 101 cm³/mol. The average molecular weight is 339 g/mol. The molecule has 0 saturated heterocycles. The fourth-order valence-electron chi connectivity index (χ4n) is 2.92. The second-order valence-electron chi connectivity index (χ2n) is 5.82. The number of nitrogens with zero attached hydrogens (tertiary/aromatic N) is 1. The van der Waals surface area contributed by atoms with E-state index >= 15 is 0 Å². The first kappa shape index (κ1) is 17.7. The summed E-state index contributed by atoms with van der Waals surface area (Å²) in [5.74, 6) is 0. The Bertz CT molecular complexity index is 767. The van der Waals surface area contributed by atoms with Gasteiger partial charge in [0.1, 0.15) is 0 Å². The fourth-order valence-corrected chi connectivity index (χ4v) is 2.92. The first-order valence-corrected chi connectivity index (χ1v) is 8.68. The maximum atomic E-state index is 5.74. The second-order valence-corrected chi connectivity index (χ2v) is 5.82. The van der Waals surface area contributed by atoms with Gasteiger partial charge in [0.05, 0.1) is 33.0 Å². The minimum Gasteiger partial charge on any atom is -0.382 e. The summed E-state index contributed by atoms with van der Waals surface area (Å²) in [7, 11) is 1.67. The Balaban J connectivity index is 1.64. The molecule has 0 N–H and O–H groups in total. The summed E-state index contributed by atoms with van der Waals surface area (Å²) in [5.41, 5.74) is 3.68. The van der Waals surface area contributed by atoms with Crippen LogP contribution in [-0.2, 0) is 20.8 Å². The molecule has 3 aromatic rings. The third-order valence-corrected chi connectivity index (χ3v) is 4.14. The third kappa shape index (κ3) is 4.69. The number of hydrogen-bond donors (Lipinski definition) is 0. The van der Waals surface area contributed by atoms with E-state index in [0.717, 1.165) is 6.54 Å². The van der Waals surface area contributed by atoms with E-state index in [0.29, 0.717) is 33.0 Å². The van der Waals surface area contributed by atoms with Crippen LogP contribution in [0, 0.1) is 0 Å². The average Bonchev–Trinajstić information content (AvgIpc) is 3.03. The third-order valence-electron chi connectivity index (χ3n) is 4.14. The van der Waals surface area contributed by atoms with Crippen LogP contribution < -0.4 is 0 Å². The molecule has 0 aliphatic carbocycles. The lowest BCUT2D eigenvalue weighted by molar-refractivity contribution is 0.0233. The highest BCUT2D eigenvalue weighted by molar-refractivity contribution is 5.87. The summed E-state index contributed by atoms with van der Waals surface area (Å²) in [6, 6.07) is 21.2. The summed E-state index contributed by atoms with van der Waals surface area (Å²) in [4.78, 5) is 0. The Morgan fingerprint density at radius 2 is 1.44 bits per heavy atom. The molecule has 4 heteroatoms. The van der Waals surface area contributed by atoms with Crippen LogP contribution in [0.25, 0.3) is 22.2 Å². The van der Waals surface area contributed by atoms with Crippen LogP contribution in [0.3, 0.4) is 0 Å². The molecule has 0 spiro atoms. The van der Waals surface area contributed by atoms with Crippen molar-refractivity contribution in [2.24, 2.45) is 0 Å². The topological polar surface area (TPSA) is 32.6 Å². The molecule has 0 aliphatic rings. The van der Waals surface area contributed by atoms with Crippen LogP contribution in [0.15, 0.2) is 60.7 Å². The van der Waals surface area contributed by atoms with Crippen molar-refractivity contribution < 1.29 is 14.2 Å². The number of ether oxygens (including phenoxy) is 3. The largest absolute Gasteiger partial charge is 0.382 e. The zero-order valence-corrected chi connectivity index (χ0v) is 14.7. The molecule has 0 radical (unpaired) electrons. The molecule has 0 amide bonds. The van der Waals surface area contributed by atoms with Crippen molar-refractivity contribution in [1.29, 1.82) is 0 Å². The summed E-state index contributed by atoms with van der Waals surface area (Å²) in [6.07, 6.45) is 0. The van der Waals surface area contributed by atoms with Gasteiger partial charge >= 0.3 is 0 Å². The molecule has 0 saturated carbocycles. The van der Waals surface area contributed by atoms with E-state index in [9.17, 15) is 0 Å². The summed E-state index contributed by atoms with van der Waals surface area (Å²) in [6.45, 7) is 3.91. The molecule has 3 rings (SSSR count). The highest BCUT2D eigenvalue weighted by Crippen LogP contribution is 2.28. The number of aromatic nitrogens is 1. The van der Waals surface area contributed by atoms with E-state index in [1.807, 2.05) is 6.07 Å². The van der Waals surface area contributed by atoms with Gasteiger partial charge in [0.25, 0.3) is 0 Å². The predicted octanol–water partition coefficient (Wildman–Crippen LogP) is 3.99. The van der Waals surface area contributed by atoms with Crippen LogP contribution in [-0.4, -0.2) is 44.7 Å². The molecule has 1 aromatic heterocycles. The molecule has 0 bridgehead atoms. The van der Waals surface area contributed by atoms with Gasteiger partial charge in [-0.15, -0.1) is 0 Å². The monoisotopic (exact) mass is 339 g/mol. The minimum absolute atomic E-state index is 0.599. The van der Waals surface area contributed by atoms with Gasteiger partial charge in [-0.1, -0.05) is 48.5 Å². The fraction of sp³-hybridized carbons (Fsp3) is 0.333. The number of para-hydroxylation sites is 1. The minimum atomic E-state index is 0.599. The maximum absolute atomic E-state index is 5.74. The number of methoxy groups -OCH3 is 1. The first-order valence-electron chi connectivity index (χ1n) is 8.68. The van der Waals surface area contributed by atoms with Crippen LogP contribution >= 0.6 is 0 Å². The molecule has 2 aromatic carbocycles. The number of fused-ring (bicyclic) bond motifs is 1. The lowest BCUT2D eigenvalue weighted by atomic mass is 10.1. The van der Waals surface area contributed by atoms with E-state index < -0.39 is 0 Å². The van der Waals surface area contributed by atoms with Crippen molar-refractivity contribution >= 4 is 10.9 Å². The molecule has 25 heavy (non-hydrogen) atoms. The molecule has 1 heterocycles. The van der Waals surface area contributed by atoms with Gasteiger partial charge in [-0.2, -0.15) is 0 Å². The van der Waals surface area contributed by atoms with E-state index in [2.05, 4.69) is 59.2 Å². The standard InChI is InChI=1S/C21H25NO3/c1-23-13-14-25-16-15-24-12-11-22-20-10-6-5-9-19(20)17-21(22)18-7-3-2-4-8-18/h2-10,17H,11-16H2,1H3. The van der Waals surface area contributed by atoms with Crippen LogP contribution in [0.1, 0.15) is 0 Å². The van der Waals surface area contributed by atoms with Crippen molar-refractivity contribution in [3.05, 3.63) is 60.7 Å². The van der Waals surface area contributed by atoms with Crippen molar-refractivity contribution in [2.45, 2.75) is 6.54 Å². The number of benzene rings is 2. The van der Waals surface area contributed by atoms with Crippen LogP contribution in [0.2, 0.25) is 0 Å². The van der Waals surface area contributed by atoms with Gasteiger partial charge in [0.2, 0.25) is 0 Å². The van der Waals surface area contributed by atoms with Gasteiger partial charge < -0.3 is 18.8 Å². The summed E-state index contributed by atoms with van der Waals surface area (Å²) >= 11 is 0. The van der Waals surface area contributed by atoms with E-state index in [4.69, 9.17) is 14.2 Å². The summed E-state index contributed by atoms with van der Waals surface area (Å²) in [5, 5.41) is 1.25. The van der Waals surface area contributed by atoms with Crippen LogP contribution in [0.5, 0.6) is 0 Å². The molecule has 4 nitrogen and oxygen atoms in total. The Hall–Kier alpha value is -2.14. The van der Waals surface area contributed by atoms with Crippen molar-refractivity contribution in [3.8, 4) is 11.3 Å². The van der Waals surface area contributed by atoms with Crippen molar-refractivity contribution in [2.75, 3.05) is 40.1 Å². The lowest BCUT2D eigenvalue weighted by Gasteiger charge is -2.12. The van der Waals surface area contributed by atoms with Gasteiger partial charge in [-0.05, 0) is 17.7 Å². The summed E-state index contributed by atoms with van der Waals surface area (Å²) < 4.78 is 18.4. The Morgan fingerprint density at radius 1 is 0.760 bits per heavy atom. The van der Waals surface area contributed by atoms with Gasteiger partial charge in [0, 0.05) is 30.3 Å². The molecule has 0 fully saturated rings. The molecular formula is C21H25NO3. The maximum Gasteiger partial charge on any atom is 0.0701 e. The first-order chi connectivity index (χ1) is 12.4. The van der Waals surface area contributed by atoms with E-state index in [-0.39, 0.29) is 0 Å². The highest BCUT2D eigenvalue weighted by Gasteiger charge is 2.09. The van der Waals surface area contributed by atoms with E-state index in [1.165, 1.54) is 22.2 Å². The highest BCUT2D eigenvalue weighted by atomic mass is 16.5. The van der Waals surface area contributed by atoms with Crippen molar-refractivity contribution in [3.63, 3.8) is 0 Å². The molecule has 132 valence electrons. The van der Waals surface area contributed by atoms with Gasteiger partial charge in [-0.3, -0.25) is 0 Å². The SMILES string of the molecule is COCCOCCOCCn1c(-c2ccccc2)cc2ccccc21. The zero-order valence-electron chi connectivity index (χ0n) is 14.7. The Kier molecular flexibility index (Phi) is 6.63. The second kappa shape index (κ2) is 9.37. The molecule has 0 aliphatic heterocycles. The Labute approximate surface area is 148 Å². The lowest BCUT2D eigenvalue weighted by Crippen LogP contribution is -2.12. The molecule has 0 unspecified atom stereocenters. The van der Waals surface area contributed by atoms with Crippen molar-refractivity contribution in [1.82, 2.24) is 4.57 Å². The smallest absolute Gasteiger partial charge is 0.0701 e. The zero-order chi connectivity index (χ0) is 17.3. The number of hydrogen-bond acceptors (Lipinski definition) is 3. The molecular weight excluding hydrogens is 314 g/mol. The van der Waals surface area contributed by atoms with Gasteiger partial charge in [0.15, 0.2) is 0 Å². The molecule has 0 atom stereocenters.